The van der Waals surface area contributed by atoms with Gasteiger partial charge >= 0.3 is 0 Å². The largest absolute Gasteiger partial charge is 0.346 e. The third-order valence-electron chi connectivity index (χ3n) is 6.29. The maximum Gasteiger partial charge on any atom is 0.226 e. The van der Waals surface area contributed by atoms with E-state index in [0.29, 0.717) is 13.1 Å². The van der Waals surface area contributed by atoms with Crippen molar-refractivity contribution in [3.05, 3.63) is 65.5 Å². The molecule has 1 aliphatic heterocycles. The van der Waals surface area contributed by atoms with Crippen molar-refractivity contribution in [2.75, 3.05) is 6.54 Å². The Morgan fingerprint density at radius 3 is 2.68 bits per heavy atom. The highest BCUT2D eigenvalue weighted by atomic mass is 16.2. The molecular formula is C25H30N4O2. The molecule has 2 aromatic carbocycles. The Morgan fingerprint density at radius 2 is 1.97 bits per heavy atom. The Hall–Kier alpha value is -3.15. The van der Waals surface area contributed by atoms with Crippen molar-refractivity contribution in [1.29, 1.82) is 0 Å². The third-order valence-corrected chi connectivity index (χ3v) is 6.29. The smallest absolute Gasteiger partial charge is 0.226 e. The summed E-state index contributed by atoms with van der Waals surface area (Å²) in [7, 11) is 0. The maximum atomic E-state index is 13.1. The van der Waals surface area contributed by atoms with E-state index in [1.165, 1.54) is 5.56 Å². The molecule has 1 saturated heterocycles. The number of H-pyrrole nitrogens is 1. The molecule has 0 saturated carbocycles. The van der Waals surface area contributed by atoms with Gasteiger partial charge in [0.25, 0.3) is 0 Å². The predicted octanol–water partition coefficient (Wildman–Crippen LogP) is 4.12. The highest BCUT2D eigenvalue weighted by Gasteiger charge is 2.36. The lowest BCUT2D eigenvalue weighted by molar-refractivity contribution is -0.129. The summed E-state index contributed by atoms with van der Waals surface area (Å²) in [4.78, 5) is 35.5. The van der Waals surface area contributed by atoms with Gasteiger partial charge in [-0.2, -0.15) is 0 Å². The van der Waals surface area contributed by atoms with E-state index in [-0.39, 0.29) is 36.1 Å². The first-order valence-electron chi connectivity index (χ1n) is 11.0. The first-order chi connectivity index (χ1) is 14.9. The van der Waals surface area contributed by atoms with Crippen LogP contribution in [0.5, 0.6) is 0 Å². The molecular weight excluding hydrogens is 388 g/mol. The van der Waals surface area contributed by atoms with Crippen molar-refractivity contribution < 1.29 is 9.59 Å². The summed E-state index contributed by atoms with van der Waals surface area (Å²) in [5.41, 5.74) is 4.12. The van der Waals surface area contributed by atoms with E-state index in [1.807, 2.05) is 55.5 Å². The number of nitrogens with zero attached hydrogens (tertiary/aromatic N) is 2. The summed E-state index contributed by atoms with van der Waals surface area (Å²) in [6.07, 6.45) is 1.16. The number of rotatable bonds is 7. The summed E-state index contributed by atoms with van der Waals surface area (Å²) in [5.74, 6) is 0.596. The normalized spacial score (nSPS) is 18.4. The van der Waals surface area contributed by atoms with Gasteiger partial charge in [0.1, 0.15) is 5.82 Å². The van der Waals surface area contributed by atoms with Crippen molar-refractivity contribution in [3.8, 4) is 0 Å². The number of hydrogen-bond acceptors (Lipinski definition) is 3. The van der Waals surface area contributed by atoms with Crippen LogP contribution in [0.2, 0.25) is 0 Å². The molecule has 0 radical (unpaired) electrons. The molecule has 2 N–H and O–H groups in total. The van der Waals surface area contributed by atoms with Gasteiger partial charge in [-0.15, -0.1) is 0 Å². The first-order valence-corrected chi connectivity index (χ1v) is 11.0. The predicted molar refractivity (Wildman–Crippen MR) is 121 cm³/mol. The van der Waals surface area contributed by atoms with Gasteiger partial charge in [0.15, 0.2) is 0 Å². The highest BCUT2D eigenvalue weighted by molar-refractivity contribution is 5.89. The fourth-order valence-electron chi connectivity index (χ4n) is 4.12. The molecule has 162 valence electrons. The molecule has 1 aromatic heterocycles. The standard InChI is InChI=1S/C25H30N4O2/c1-4-17(3)23(24-26-20-7-5-6-8-21(20)27-24)28-25(31)19-13-22(30)29(15-19)14-18-11-9-16(2)10-12-18/h5-12,17,19,23H,4,13-15H2,1-3H3,(H,26,27)(H,28,31). The number of aromatic nitrogens is 2. The lowest BCUT2D eigenvalue weighted by Gasteiger charge is -2.24. The number of nitrogens with one attached hydrogen (secondary N) is 2. The van der Waals surface area contributed by atoms with Gasteiger partial charge in [0.05, 0.1) is 23.0 Å². The minimum Gasteiger partial charge on any atom is -0.346 e. The molecule has 1 aliphatic rings. The van der Waals surface area contributed by atoms with Gasteiger partial charge in [0.2, 0.25) is 11.8 Å². The van der Waals surface area contributed by atoms with Gasteiger partial charge in [0, 0.05) is 19.5 Å². The minimum atomic E-state index is -0.339. The zero-order valence-corrected chi connectivity index (χ0v) is 18.4. The summed E-state index contributed by atoms with van der Waals surface area (Å²) in [5, 5.41) is 3.19. The zero-order chi connectivity index (χ0) is 22.0. The molecule has 2 heterocycles. The van der Waals surface area contributed by atoms with Crippen LogP contribution in [0.15, 0.2) is 48.5 Å². The number of carbonyl (C=O) groups excluding carboxylic acids is 2. The van der Waals surface area contributed by atoms with Crippen LogP contribution in [-0.2, 0) is 16.1 Å². The molecule has 6 nitrogen and oxygen atoms in total. The van der Waals surface area contributed by atoms with Crippen LogP contribution in [-0.4, -0.2) is 33.2 Å². The van der Waals surface area contributed by atoms with Crippen LogP contribution in [0.25, 0.3) is 11.0 Å². The number of imidazole rings is 1. The van der Waals surface area contributed by atoms with Crippen molar-refractivity contribution >= 4 is 22.8 Å². The summed E-state index contributed by atoms with van der Waals surface area (Å²) < 4.78 is 0. The second kappa shape index (κ2) is 8.92. The summed E-state index contributed by atoms with van der Waals surface area (Å²) in [6, 6.07) is 15.8. The molecule has 3 unspecified atom stereocenters. The number of benzene rings is 2. The van der Waals surface area contributed by atoms with E-state index in [2.05, 4.69) is 24.1 Å². The van der Waals surface area contributed by atoms with Crippen LogP contribution < -0.4 is 5.32 Å². The van der Waals surface area contributed by atoms with Gasteiger partial charge in [-0.25, -0.2) is 4.98 Å². The fourth-order valence-corrected chi connectivity index (χ4v) is 4.12. The lowest BCUT2D eigenvalue weighted by atomic mass is 9.97. The average Bonchev–Trinajstić information content (AvgIpc) is 3.36. The van der Waals surface area contributed by atoms with Crippen LogP contribution in [0.1, 0.15) is 49.7 Å². The summed E-state index contributed by atoms with van der Waals surface area (Å²) in [6.45, 7) is 7.25. The molecule has 0 spiro atoms. The molecule has 0 bridgehead atoms. The second-order valence-electron chi connectivity index (χ2n) is 8.67. The van der Waals surface area contributed by atoms with Gasteiger partial charge < -0.3 is 15.2 Å². The minimum absolute atomic E-state index is 0.0320. The number of amides is 2. The van der Waals surface area contributed by atoms with Crippen LogP contribution in [0, 0.1) is 18.8 Å². The number of hydrogen-bond donors (Lipinski definition) is 2. The van der Waals surface area contributed by atoms with E-state index in [4.69, 9.17) is 4.98 Å². The lowest BCUT2D eigenvalue weighted by Crippen LogP contribution is -2.38. The van der Waals surface area contributed by atoms with E-state index in [0.717, 1.165) is 28.8 Å². The van der Waals surface area contributed by atoms with Crippen LogP contribution >= 0.6 is 0 Å². The zero-order valence-electron chi connectivity index (χ0n) is 18.4. The molecule has 3 aromatic rings. The number of aryl methyl sites for hydroxylation is 1. The maximum absolute atomic E-state index is 13.1. The molecule has 4 rings (SSSR count). The Kier molecular flexibility index (Phi) is 6.07. The van der Waals surface area contributed by atoms with Crippen molar-refractivity contribution in [1.82, 2.24) is 20.2 Å². The van der Waals surface area contributed by atoms with Gasteiger partial charge in [-0.05, 0) is 30.5 Å². The first kappa shape index (κ1) is 21.1. The van der Waals surface area contributed by atoms with E-state index < -0.39 is 0 Å². The van der Waals surface area contributed by atoms with Crippen molar-refractivity contribution in [2.24, 2.45) is 11.8 Å². The Morgan fingerprint density at radius 1 is 1.23 bits per heavy atom. The second-order valence-corrected chi connectivity index (χ2v) is 8.67. The Bertz CT molecular complexity index is 1040. The molecule has 1 fully saturated rings. The molecule has 2 amide bonds. The molecule has 0 aliphatic carbocycles. The Labute approximate surface area is 183 Å². The number of fused-ring (bicyclic) bond motifs is 1. The number of para-hydroxylation sites is 2. The third kappa shape index (κ3) is 4.63. The van der Waals surface area contributed by atoms with E-state index in [9.17, 15) is 9.59 Å². The number of likely N-dealkylation sites (tertiary alicyclic amines) is 1. The SMILES string of the molecule is CCC(C)C(NC(=O)C1CC(=O)N(Cc2ccc(C)cc2)C1)c1nc2ccccc2[nH]1. The van der Waals surface area contributed by atoms with Gasteiger partial charge in [-0.1, -0.05) is 62.2 Å². The highest BCUT2D eigenvalue weighted by Crippen LogP contribution is 2.27. The fraction of sp³-hybridized carbons (Fsp3) is 0.400. The quantitative estimate of drug-likeness (QED) is 0.606. The average molecular weight is 419 g/mol. The van der Waals surface area contributed by atoms with Crippen molar-refractivity contribution in [3.63, 3.8) is 0 Å². The van der Waals surface area contributed by atoms with Gasteiger partial charge in [-0.3, -0.25) is 9.59 Å². The molecule has 3 atom stereocenters. The molecule has 6 heteroatoms. The van der Waals surface area contributed by atoms with Crippen molar-refractivity contribution in [2.45, 2.75) is 46.2 Å². The summed E-state index contributed by atoms with van der Waals surface area (Å²) >= 11 is 0. The number of carbonyl (C=O) groups is 2. The Balaban J connectivity index is 1.46. The van der Waals surface area contributed by atoms with E-state index in [1.54, 1.807) is 4.90 Å². The molecule has 31 heavy (non-hydrogen) atoms. The van der Waals surface area contributed by atoms with Crippen LogP contribution in [0.3, 0.4) is 0 Å². The monoisotopic (exact) mass is 418 g/mol. The van der Waals surface area contributed by atoms with E-state index >= 15 is 0 Å². The van der Waals surface area contributed by atoms with Crippen LogP contribution in [0.4, 0.5) is 0 Å². The number of aromatic amines is 1. The topological polar surface area (TPSA) is 78.1 Å².